The molecule has 1 saturated heterocycles. The third-order valence-electron chi connectivity index (χ3n) is 7.64. The molecular weight excluding hydrogens is 458 g/mol. The number of aromatic nitrogens is 1. The fraction of sp³-hybridized carbons (Fsp3) is 0.393. The number of carbonyl (C=O) groups is 2. The molecule has 7 heteroatoms. The zero-order chi connectivity index (χ0) is 24.3. The Balaban J connectivity index is 1.22. The Hall–Kier alpha value is -3.19. The third kappa shape index (κ3) is 3.92. The van der Waals surface area contributed by atoms with Crippen LogP contribution in [0, 0.1) is 26.7 Å². The molecule has 3 atom stereocenters. The topological polar surface area (TPSA) is 71.5 Å². The van der Waals surface area contributed by atoms with Gasteiger partial charge in [-0.05, 0) is 68.4 Å². The van der Waals surface area contributed by atoms with Crippen LogP contribution in [-0.2, 0) is 6.42 Å². The minimum absolute atomic E-state index is 0.0131. The molecule has 6 rings (SSSR count). The normalized spacial score (nSPS) is 21.9. The van der Waals surface area contributed by atoms with Crippen LogP contribution in [0.5, 0.6) is 5.75 Å². The Morgan fingerprint density at radius 2 is 2.00 bits per heavy atom. The predicted octanol–water partition coefficient (Wildman–Crippen LogP) is 4.70. The maximum atomic E-state index is 13.9. The molecule has 0 bridgehead atoms. The molecule has 2 aliphatic heterocycles. The molecule has 35 heavy (non-hydrogen) atoms. The highest BCUT2D eigenvalue weighted by molar-refractivity contribution is 7.15. The molecule has 1 aromatic heterocycles. The van der Waals surface area contributed by atoms with Crippen LogP contribution in [0.1, 0.15) is 55.4 Å². The van der Waals surface area contributed by atoms with Crippen LogP contribution in [-0.4, -0.2) is 46.9 Å². The summed E-state index contributed by atoms with van der Waals surface area (Å²) in [6.07, 6.45) is 2.72. The summed E-state index contributed by atoms with van der Waals surface area (Å²) in [5.74, 6) is 1.22. The van der Waals surface area contributed by atoms with Gasteiger partial charge in [-0.2, -0.15) is 0 Å². The molecule has 2 aromatic carbocycles. The fourth-order valence-corrected chi connectivity index (χ4v) is 6.48. The zero-order valence-electron chi connectivity index (χ0n) is 20.3. The summed E-state index contributed by atoms with van der Waals surface area (Å²) in [4.78, 5) is 34.5. The first-order chi connectivity index (χ1) is 16.9. The summed E-state index contributed by atoms with van der Waals surface area (Å²) in [7, 11) is 0. The highest BCUT2D eigenvalue weighted by atomic mass is 32.1. The average Bonchev–Trinajstić information content (AvgIpc) is 3.19. The van der Waals surface area contributed by atoms with Crippen molar-refractivity contribution in [2.24, 2.45) is 5.92 Å². The molecule has 6 nitrogen and oxygen atoms in total. The maximum absolute atomic E-state index is 13.9. The van der Waals surface area contributed by atoms with Gasteiger partial charge in [0.15, 0.2) is 0 Å². The number of rotatable bonds is 5. The second-order valence-electron chi connectivity index (χ2n) is 9.97. The quantitative estimate of drug-likeness (QED) is 0.566. The smallest absolute Gasteiger partial charge is 0.274 e. The first-order valence-electron chi connectivity index (χ1n) is 12.3. The number of carbonyl (C=O) groups excluding carboxylic acids is 2. The molecule has 0 spiro atoms. The summed E-state index contributed by atoms with van der Waals surface area (Å²) in [5, 5.41) is 3.99. The number of ether oxygens (including phenoxy) is 1. The zero-order valence-corrected chi connectivity index (χ0v) is 21.1. The predicted molar refractivity (Wildman–Crippen MR) is 136 cm³/mol. The number of amides is 2. The van der Waals surface area contributed by atoms with E-state index in [4.69, 9.17) is 4.74 Å². The van der Waals surface area contributed by atoms with Crippen molar-refractivity contribution < 1.29 is 14.3 Å². The number of fused-ring (bicyclic) bond motifs is 2. The summed E-state index contributed by atoms with van der Waals surface area (Å²) >= 11 is 1.57. The van der Waals surface area contributed by atoms with E-state index in [0.29, 0.717) is 30.3 Å². The Morgan fingerprint density at radius 3 is 2.83 bits per heavy atom. The number of benzene rings is 2. The summed E-state index contributed by atoms with van der Waals surface area (Å²) in [5.41, 5.74) is 5.66. The molecule has 2 amide bonds. The lowest BCUT2D eigenvalue weighted by molar-refractivity contribution is 0.0684. The molecule has 3 aromatic rings. The minimum atomic E-state index is -0.0966. The molecule has 180 valence electrons. The van der Waals surface area contributed by atoms with Crippen molar-refractivity contribution in [1.82, 2.24) is 15.2 Å². The SMILES string of the molecule is Cc1nc(C(=O)N2[C@H](CNC(=O)c3cccc4c3CCO4)C[C@@H]3C[C@@H]32)c(-c2ccc(C)c(C)c2)s1. The number of likely N-dealkylation sites (tertiary alicyclic amines) is 1. The number of piperidine rings is 1. The molecule has 1 saturated carbocycles. The van der Waals surface area contributed by atoms with Gasteiger partial charge in [-0.3, -0.25) is 9.59 Å². The number of aryl methyl sites for hydroxylation is 3. The number of nitrogens with zero attached hydrogens (tertiary/aromatic N) is 2. The monoisotopic (exact) mass is 487 g/mol. The van der Waals surface area contributed by atoms with Gasteiger partial charge in [-0.15, -0.1) is 11.3 Å². The third-order valence-corrected chi connectivity index (χ3v) is 8.66. The standard InChI is InChI=1S/C28H29N3O3S/c1-15-7-8-18(11-16(15)2)26-25(30-17(3)35-26)28(33)31-20(12-19-13-23(19)31)14-29-27(32)22-5-4-6-24-21(22)9-10-34-24/h4-8,11,19-20,23H,9-10,12-14H2,1-3H3,(H,29,32)/t19-,20+,23+/m1/s1. The van der Waals surface area contributed by atoms with Gasteiger partial charge in [-0.1, -0.05) is 24.3 Å². The van der Waals surface area contributed by atoms with Gasteiger partial charge in [-0.25, -0.2) is 4.98 Å². The van der Waals surface area contributed by atoms with Crippen LogP contribution >= 0.6 is 11.3 Å². The molecule has 3 aliphatic rings. The molecule has 3 heterocycles. The highest BCUT2D eigenvalue weighted by Gasteiger charge is 2.54. The Kier molecular flexibility index (Phi) is 5.40. The van der Waals surface area contributed by atoms with Gasteiger partial charge in [0.2, 0.25) is 0 Å². The van der Waals surface area contributed by atoms with Crippen LogP contribution in [0.25, 0.3) is 10.4 Å². The van der Waals surface area contributed by atoms with Gasteiger partial charge >= 0.3 is 0 Å². The van der Waals surface area contributed by atoms with Gasteiger partial charge < -0.3 is 15.0 Å². The lowest BCUT2D eigenvalue weighted by atomic mass is 10.0. The van der Waals surface area contributed by atoms with Crippen LogP contribution in [0.2, 0.25) is 0 Å². The van der Waals surface area contributed by atoms with Crippen molar-refractivity contribution in [1.29, 1.82) is 0 Å². The Labute approximate surface area is 209 Å². The van der Waals surface area contributed by atoms with Crippen molar-refractivity contribution >= 4 is 23.2 Å². The Bertz CT molecular complexity index is 1350. The van der Waals surface area contributed by atoms with Gasteiger partial charge in [0.05, 0.1) is 22.5 Å². The van der Waals surface area contributed by atoms with Crippen LogP contribution in [0.3, 0.4) is 0 Å². The Morgan fingerprint density at radius 1 is 1.14 bits per heavy atom. The molecular formula is C28H29N3O3S. The fourth-order valence-electron chi connectivity index (χ4n) is 5.57. The van der Waals surface area contributed by atoms with Gasteiger partial charge in [0.25, 0.3) is 11.8 Å². The van der Waals surface area contributed by atoms with Crippen molar-refractivity contribution in [3.05, 3.63) is 69.4 Å². The largest absolute Gasteiger partial charge is 0.493 e. The van der Waals surface area contributed by atoms with Crippen molar-refractivity contribution in [3.63, 3.8) is 0 Å². The van der Waals surface area contributed by atoms with E-state index in [-0.39, 0.29) is 23.9 Å². The maximum Gasteiger partial charge on any atom is 0.274 e. The lowest BCUT2D eigenvalue weighted by Gasteiger charge is -2.28. The van der Waals surface area contributed by atoms with Crippen LogP contribution in [0.15, 0.2) is 36.4 Å². The van der Waals surface area contributed by atoms with E-state index in [9.17, 15) is 9.59 Å². The molecule has 0 unspecified atom stereocenters. The van der Waals surface area contributed by atoms with Gasteiger partial charge in [0, 0.05) is 30.1 Å². The van der Waals surface area contributed by atoms with Crippen LogP contribution in [0.4, 0.5) is 0 Å². The number of thiazole rings is 1. The van der Waals surface area contributed by atoms with E-state index in [2.05, 4.69) is 42.3 Å². The van der Waals surface area contributed by atoms with E-state index in [0.717, 1.165) is 46.0 Å². The minimum Gasteiger partial charge on any atom is -0.493 e. The molecule has 2 fully saturated rings. The second-order valence-corrected chi connectivity index (χ2v) is 11.2. The van der Waals surface area contributed by atoms with Crippen LogP contribution < -0.4 is 10.1 Å². The van der Waals surface area contributed by atoms with Crippen molar-refractivity contribution in [2.45, 2.75) is 52.1 Å². The first kappa shape index (κ1) is 22.3. The highest BCUT2D eigenvalue weighted by Crippen LogP contribution is 2.49. The first-order valence-corrected chi connectivity index (χ1v) is 13.1. The van der Waals surface area contributed by atoms with E-state index in [1.54, 1.807) is 11.3 Å². The summed E-state index contributed by atoms with van der Waals surface area (Å²) in [6, 6.07) is 12.2. The van der Waals surface area contributed by atoms with E-state index in [1.165, 1.54) is 11.1 Å². The van der Waals surface area contributed by atoms with E-state index in [1.807, 2.05) is 30.0 Å². The lowest BCUT2D eigenvalue weighted by Crippen LogP contribution is -2.45. The number of hydrogen-bond donors (Lipinski definition) is 1. The van der Waals surface area contributed by atoms with E-state index < -0.39 is 0 Å². The molecule has 1 aliphatic carbocycles. The van der Waals surface area contributed by atoms with Gasteiger partial charge in [0.1, 0.15) is 11.4 Å². The second kappa shape index (κ2) is 8.48. The number of nitrogens with one attached hydrogen (secondary N) is 1. The number of hydrogen-bond acceptors (Lipinski definition) is 5. The van der Waals surface area contributed by atoms with Crippen molar-refractivity contribution in [2.75, 3.05) is 13.2 Å². The molecule has 1 N–H and O–H groups in total. The molecule has 0 radical (unpaired) electrons. The van der Waals surface area contributed by atoms with Crippen molar-refractivity contribution in [3.8, 4) is 16.2 Å². The summed E-state index contributed by atoms with van der Waals surface area (Å²) < 4.78 is 5.61. The summed E-state index contributed by atoms with van der Waals surface area (Å²) in [6.45, 7) is 7.20. The average molecular weight is 488 g/mol. The van der Waals surface area contributed by atoms with E-state index >= 15 is 0 Å².